The number of hydrogen-bond acceptors (Lipinski definition) is 4. The Hall–Kier alpha value is -2.37. The zero-order valence-corrected chi connectivity index (χ0v) is 9.63. The van der Waals surface area contributed by atoms with Crippen LogP contribution in [-0.4, -0.2) is 35.3 Å². The van der Waals surface area contributed by atoms with Gasteiger partial charge in [-0.3, -0.25) is 4.90 Å². The number of amides is 1. The number of hydrogen-bond donors (Lipinski definition) is 1. The number of fused-ring (bicyclic) bond motifs is 1. The summed E-state index contributed by atoms with van der Waals surface area (Å²) >= 11 is 0. The highest BCUT2D eigenvalue weighted by atomic mass is 16.6. The Kier molecular flexibility index (Phi) is 3.27. The van der Waals surface area contributed by atoms with Gasteiger partial charge in [0.15, 0.2) is 0 Å². The topological polar surface area (TPSA) is 79.7 Å². The van der Waals surface area contributed by atoms with Gasteiger partial charge in [0.2, 0.25) is 0 Å². The lowest BCUT2D eigenvalue weighted by molar-refractivity contribution is 0.0690. The van der Waals surface area contributed by atoms with Gasteiger partial charge in [0.1, 0.15) is 12.3 Å². The zero-order chi connectivity index (χ0) is 13.1. The molecule has 1 amide bonds. The predicted octanol–water partition coefficient (Wildman–Crippen LogP) is 1.46. The third-order valence-electron chi connectivity index (χ3n) is 2.58. The summed E-state index contributed by atoms with van der Waals surface area (Å²) in [6.45, 7) is 4.05. The number of carboxylic acid groups (broad SMARTS) is 1. The predicted molar refractivity (Wildman–Crippen MR) is 63.8 cm³/mol. The smallest absolute Gasteiger partial charge is 0.414 e. The van der Waals surface area contributed by atoms with Crippen LogP contribution in [0.4, 0.5) is 10.5 Å². The molecule has 0 saturated carbocycles. The van der Waals surface area contributed by atoms with Crippen molar-refractivity contribution in [1.29, 1.82) is 0 Å². The minimum absolute atomic E-state index is 0.0185. The van der Waals surface area contributed by atoms with Gasteiger partial charge in [-0.25, -0.2) is 14.6 Å². The first-order valence-corrected chi connectivity index (χ1v) is 5.42. The summed E-state index contributed by atoms with van der Waals surface area (Å²) < 4.78 is 4.93. The highest BCUT2D eigenvalue weighted by Crippen LogP contribution is 2.27. The van der Waals surface area contributed by atoms with Crippen molar-refractivity contribution in [2.24, 2.45) is 0 Å². The number of pyridine rings is 1. The quantitative estimate of drug-likeness (QED) is 0.819. The maximum atomic E-state index is 11.7. The van der Waals surface area contributed by atoms with Crippen molar-refractivity contribution in [2.45, 2.75) is 6.42 Å². The van der Waals surface area contributed by atoms with E-state index in [0.29, 0.717) is 24.3 Å². The number of aromatic carboxylic acids is 1. The van der Waals surface area contributed by atoms with Crippen LogP contribution in [0.25, 0.3) is 0 Å². The molecule has 0 atom stereocenters. The monoisotopic (exact) mass is 248 g/mol. The minimum atomic E-state index is -1.08. The van der Waals surface area contributed by atoms with Crippen LogP contribution in [-0.2, 0) is 11.2 Å². The first-order chi connectivity index (χ1) is 8.63. The van der Waals surface area contributed by atoms with Crippen molar-refractivity contribution in [2.75, 3.05) is 18.1 Å². The van der Waals surface area contributed by atoms with Gasteiger partial charge in [-0.1, -0.05) is 12.7 Å². The Bertz CT molecular complexity index is 513. The van der Waals surface area contributed by atoms with Gasteiger partial charge in [0.05, 0.1) is 11.4 Å². The molecule has 18 heavy (non-hydrogen) atoms. The molecule has 94 valence electrons. The highest BCUT2D eigenvalue weighted by molar-refractivity contribution is 5.91. The molecular weight excluding hydrogens is 236 g/mol. The molecule has 0 unspecified atom stereocenters. The summed E-state index contributed by atoms with van der Waals surface area (Å²) in [5, 5.41) is 8.83. The SMILES string of the molecule is C=CCOC(=O)N1CCc2nc(C(=O)O)ccc21. The summed E-state index contributed by atoms with van der Waals surface area (Å²) in [6, 6.07) is 2.95. The lowest BCUT2D eigenvalue weighted by Crippen LogP contribution is -2.29. The van der Waals surface area contributed by atoms with Crippen molar-refractivity contribution in [3.8, 4) is 0 Å². The first kappa shape index (κ1) is 12.1. The first-order valence-electron chi connectivity index (χ1n) is 5.42. The number of ether oxygens (including phenoxy) is 1. The fourth-order valence-corrected chi connectivity index (χ4v) is 1.78. The van der Waals surface area contributed by atoms with E-state index in [1.54, 1.807) is 6.07 Å². The van der Waals surface area contributed by atoms with Crippen molar-refractivity contribution in [3.05, 3.63) is 36.2 Å². The molecule has 2 rings (SSSR count). The highest BCUT2D eigenvalue weighted by Gasteiger charge is 2.27. The van der Waals surface area contributed by atoms with Crippen LogP contribution in [0.5, 0.6) is 0 Å². The zero-order valence-electron chi connectivity index (χ0n) is 9.63. The van der Waals surface area contributed by atoms with Crippen LogP contribution in [0.2, 0.25) is 0 Å². The molecule has 0 saturated heterocycles. The molecule has 0 bridgehead atoms. The number of rotatable bonds is 3. The van der Waals surface area contributed by atoms with Gasteiger partial charge in [0.25, 0.3) is 0 Å². The molecule has 0 fully saturated rings. The average molecular weight is 248 g/mol. The molecule has 6 heteroatoms. The fraction of sp³-hybridized carbons (Fsp3) is 0.250. The molecule has 0 radical (unpaired) electrons. The van der Waals surface area contributed by atoms with Crippen LogP contribution < -0.4 is 4.90 Å². The van der Waals surface area contributed by atoms with E-state index in [0.717, 1.165) is 0 Å². The maximum absolute atomic E-state index is 11.7. The Labute approximate surface area is 104 Å². The lowest BCUT2D eigenvalue weighted by Gasteiger charge is -2.15. The second-order valence-electron chi connectivity index (χ2n) is 3.73. The molecule has 2 heterocycles. The van der Waals surface area contributed by atoms with Crippen molar-refractivity contribution in [1.82, 2.24) is 4.98 Å². The van der Waals surface area contributed by atoms with Crippen LogP contribution in [0, 0.1) is 0 Å². The molecule has 1 aromatic heterocycles. The van der Waals surface area contributed by atoms with E-state index >= 15 is 0 Å². The van der Waals surface area contributed by atoms with E-state index in [4.69, 9.17) is 9.84 Å². The van der Waals surface area contributed by atoms with Crippen LogP contribution >= 0.6 is 0 Å². The standard InChI is InChI=1S/C12H12N2O4/c1-2-7-18-12(17)14-6-5-8-10(14)4-3-9(13-8)11(15)16/h2-4H,1,5-7H2,(H,15,16). The van der Waals surface area contributed by atoms with Gasteiger partial charge in [-0.05, 0) is 12.1 Å². The minimum Gasteiger partial charge on any atom is -0.477 e. The largest absolute Gasteiger partial charge is 0.477 e. The average Bonchev–Trinajstić information content (AvgIpc) is 2.78. The summed E-state index contributed by atoms with van der Waals surface area (Å²) in [7, 11) is 0. The van der Waals surface area contributed by atoms with Gasteiger partial charge in [-0.15, -0.1) is 0 Å². The van der Waals surface area contributed by atoms with Gasteiger partial charge in [-0.2, -0.15) is 0 Å². The van der Waals surface area contributed by atoms with Crippen LogP contribution in [0.3, 0.4) is 0 Å². The van der Waals surface area contributed by atoms with Crippen molar-refractivity contribution in [3.63, 3.8) is 0 Å². The second-order valence-corrected chi connectivity index (χ2v) is 3.73. The van der Waals surface area contributed by atoms with Crippen molar-refractivity contribution < 1.29 is 19.4 Å². The van der Waals surface area contributed by atoms with E-state index in [2.05, 4.69) is 11.6 Å². The summed E-state index contributed by atoms with van der Waals surface area (Å²) in [5.74, 6) is -1.08. The Morgan fingerprint density at radius 2 is 2.33 bits per heavy atom. The fourth-order valence-electron chi connectivity index (χ4n) is 1.78. The number of anilines is 1. The number of carbonyl (C=O) groups is 2. The Morgan fingerprint density at radius 1 is 1.56 bits per heavy atom. The summed E-state index contributed by atoms with van der Waals surface area (Å²) in [6.07, 6.45) is 1.54. The number of carboxylic acids is 1. The summed E-state index contributed by atoms with van der Waals surface area (Å²) in [5.41, 5.74) is 1.19. The van der Waals surface area contributed by atoms with Gasteiger partial charge < -0.3 is 9.84 Å². The molecule has 1 aliphatic heterocycles. The molecule has 0 aliphatic carbocycles. The van der Waals surface area contributed by atoms with Crippen LogP contribution in [0.15, 0.2) is 24.8 Å². The Balaban J connectivity index is 2.21. The molecule has 6 nitrogen and oxygen atoms in total. The molecule has 1 aliphatic rings. The van der Waals surface area contributed by atoms with Crippen LogP contribution in [0.1, 0.15) is 16.2 Å². The molecular formula is C12H12N2O4. The van der Waals surface area contributed by atoms with E-state index in [1.165, 1.54) is 17.0 Å². The van der Waals surface area contributed by atoms with E-state index < -0.39 is 12.1 Å². The molecule has 1 N–H and O–H groups in total. The van der Waals surface area contributed by atoms with Crippen molar-refractivity contribution >= 4 is 17.7 Å². The Morgan fingerprint density at radius 3 is 3.00 bits per heavy atom. The molecule has 0 spiro atoms. The van der Waals surface area contributed by atoms with E-state index in [1.807, 2.05) is 0 Å². The number of aromatic nitrogens is 1. The molecule has 0 aromatic carbocycles. The molecule has 1 aromatic rings. The summed E-state index contributed by atoms with van der Waals surface area (Å²) in [4.78, 5) is 27.9. The second kappa shape index (κ2) is 4.87. The third kappa shape index (κ3) is 2.17. The third-order valence-corrected chi connectivity index (χ3v) is 2.58. The lowest BCUT2D eigenvalue weighted by atomic mass is 10.2. The van der Waals surface area contributed by atoms with Gasteiger partial charge >= 0.3 is 12.1 Å². The van der Waals surface area contributed by atoms with Gasteiger partial charge in [0, 0.05) is 13.0 Å². The number of nitrogens with zero attached hydrogens (tertiary/aromatic N) is 2. The number of carbonyl (C=O) groups excluding carboxylic acids is 1. The maximum Gasteiger partial charge on any atom is 0.414 e. The van der Waals surface area contributed by atoms with E-state index in [-0.39, 0.29) is 12.3 Å². The van der Waals surface area contributed by atoms with E-state index in [9.17, 15) is 9.59 Å². The normalized spacial score (nSPS) is 13.0.